The number of likely N-dealkylation sites (tertiary alicyclic amines) is 1. The molecule has 6 N–H and O–H groups in total. The fourth-order valence-corrected chi connectivity index (χ4v) is 21.2. The summed E-state index contributed by atoms with van der Waals surface area (Å²) in [5.41, 5.74) is 19.4. The number of H-pyrrole nitrogens is 4. The third kappa shape index (κ3) is 22.7. The van der Waals surface area contributed by atoms with Crippen LogP contribution >= 0.6 is 69.6 Å². The van der Waals surface area contributed by atoms with Crippen LogP contribution in [0.15, 0.2) is 273 Å². The molecule has 5 amide bonds. The Morgan fingerprint density at radius 3 is 1.19 bits per heavy atom. The molecule has 0 bridgehead atoms. The van der Waals surface area contributed by atoms with Gasteiger partial charge in [0, 0.05) is 154 Å². The number of carbonyl (C=O) groups is 6. The minimum Gasteiger partial charge on any atom is -0.497 e. The van der Waals surface area contributed by atoms with Crippen molar-refractivity contribution >= 4 is 149 Å². The first-order chi connectivity index (χ1) is 70.7. The van der Waals surface area contributed by atoms with E-state index in [1.165, 1.54) is 25.3 Å². The number of amides is 5. The van der Waals surface area contributed by atoms with Crippen LogP contribution in [0.2, 0.25) is 30.1 Å². The third-order valence-electron chi connectivity index (χ3n) is 27.1. The van der Waals surface area contributed by atoms with E-state index in [4.69, 9.17) is 108 Å². The summed E-state index contributed by atoms with van der Waals surface area (Å²) in [7, 11) is 1.66. The van der Waals surface area contributed by atoms with Crippen molar-refractivity contribution in [2.45, 2.75) is 108 Å². The van der Waals surface area contributed by atoms with Gasteiger partial charge in [0.05, 0.1) is 26.4 Å². The van der Waals surface area contributed by atoms with E-state index >= 15 is 0 Å². The minimum absolute atomic E-state index is 0.0118. The van der Waals surface area contributed by atoms with E-state index in [9.17, 15) is 33.9 Å². The molecule has 0 saturated carbocycles. The van der Waals surface area contributed by atoms with Crippen molar-refractivity contribution in [2.75, 3.05) is 79.3 Å². The number of rotatable bonds is 19. The van der Waals surface area contributed by atoms with E-state index in [-0.39, 0.29) is 42.7 Å². The Hall–Kier alpha value is -13.8. The fraction of sp³-hybridized carbons (Fsp3) is 0.252. The van der Waals surface area contributed by atoms with Crippen molar-refractivity contribution in [2.24, 2.45) is 0 Å². The van der Waals surface area contributed by atoms with E-state index in [2.05, 4.69) is 42.3 Å². The molecular formula is C115H106Cl6N10O15. The number of benzene rings is 12. The first-order valence-corrected chi connectivity index (χ1v) is 50.8. The molecule has 6 aliphatic rings. The molecule has 31 heteroatoms. The maximum absolute atomic E-state index is 13.9. The van der Waals surface area contributed by atoms with Crippen LogP contribution in [0.1, 0.15) is 153 Å². The lowest BCUT2D eigenvalue weighted by atomic mass is 9.91. The van der Waals surface area contributed by atoms with E-state index in [1.54, 1.807) is 102 Å². The molecule has 6 unspecified atom stereocenters. The third-order valence-corrected chi connectivity index (χ3v) is 28.6. The van der Waals surface area contributed by atoms with Crippen molar-refractivity contribution in [3.63, 3.8) is 0 Å². The van der Waals surface area contributed by atoms with Crippen LogP contribution < -0.4 is 29.0 Å². The molecular weight excluding hydrogens is 1970 g/mol. The second kappa shape index (κ2) is 44.6. The number of nitrogens with one attached hydrogen (secondary N) is 5. The second-order valence-electron chi connectivity index (χ2n) is 37.1. The average Bonchev–Trinajstić information content (AvgIpc) is 1.61. The number of carbonyl (C=O) groups excluding carboxylic acids is 6. The van der Waals surface area contributed by atoms with Gasteiger partial charge >= 0.3 is 24.2 Å². The zero-order valence-corrected chi connectivity index (χ0v) is 85.2. The molecule has 0 aliphatic carbocycles. The topological polar surface area (TPSA) is 288 Å². The number of hydrogen-bond acceptors (Lipinski definition) is 16. The summed E-state index contributed by atoms with van der Waals surface area (Å²) >= 11 is 37.1. The summed E-state index contributed by atoms with van der Waals surface area (Å²) in [6.07, 6.45) is 3.12. The highest BCUT2D eigenvalue weighted by atomic mass is 35.5. The van der Waals surface area contributed by atoms with E-state index in [0.717, 1.165) is 142 Å². The number of nitrogens with zero attached hydrogens (tertiary/aromatic N) is 5. The lowest BCUT2D eigenvalue weighted by Gasteiger charge is -2.36. The van der Waals surface area contributed by atoms with Crippen molar-refractivity contribution in [1.82, 2.24) is 49.8 Å². The van der Waals surface area contributed by atoms with Gasteiger partial charge in [0.15, 0.2) is 5.79 Å². The van der Waals surface area contributed by atoms with Gasteiger partial charge in [-0.1, -0.05) is 161 Å². The largest absolute Gasteiger partial charge is 0.497 e. The van der Waals surface area contributed by atoms with Crippen LogP contribution in [-0.2, 0) is 44.7 Å². The summed E-state index contributed by atoms with van der Waals surface area (Å²) in [5.74, 6) is 1.52. The quantitative estimate of drug-likeness (QED) is 0.0324. The molecule has 25 nitrogen and oxygen atoms in total. The lowest BCUT2D eigenvalue weighted by molar-refractivity contribution is -0.137. The standard InChI is InChI=1S/C31H31Cl2N3O4.C31H25ClN2O2.C27H30ClN3O5.C26H20Cl2N2O4/c32-21-5-10-25(11-6-21)40-31(38)36-16-13-26-27-17-22(33)7-12-28(27)34-29(26)30(36)20-3-8-24(9-4-20)39-19-23(37)18-35-14-1-2-15-35;1-36-25-14-11-22(12-15-25)30-29-26(27-19-24(32)13-16-28(27)33-29)17-18-34(30)31(35)23-9-7-21(8-10-23)20-5-3-2-4-6-20;1-4-34-26(33)31-12-11-20-21-13-18(28)9-10-22(21)30-23(20)24(31)16-5-7-17(8-6-16)25(32)29-14-19-15-35-27(2,3)36-19;1-15(31)33-19-7-2-16(3-8-19)25-24-21(22-14-18(28)6-11-23(22)29-24)12-13-30(25)26(32)34-20-9-4-17(27)5-10-20/h3-12,17,23,30,34,37H,1-2,13-16,18-19H2;2-16,19,30,33H,17-18H2,1H3;5-10,13,19,24,30H,4,11-12,14-15H2,1-3H3,(H,29,32);2-11,14,25,29H,12-13H2,1H3. The Bertz CT molecular complexity index is 7450. The molecule has 22 rings (SSSR count). The number of esters is 1. The molecule has 2 fully saturated rings. The first-order valence-electron chi connectivity index (χ1n) is 48.5. The number of fused-ring (bicyclic) bond motifs is 12. The van der Waals surface area contributed by atoms with Crippen molar-refractivity contribution < 1.29 is 71.8 Å². The Balaban J connectivity index is 0.000000123. The first kappa shape index (κ1) is 101. The number of β-amino-alcohol motifs (C(OH)–C–C–N with tert-alkyl or cyclic N) is 1. The van der Waals surface area contributed by atoms with Gasteiger partial charge in [-0.05, 0) is 310 Å². The average molecular weight is 2080 g/mol. The molecule has 2 saturated heterocycles. The SMILES string of the molecule is CC(=O)Oc1ccc(C2c3[nH]c4ccc(Cl)cc4c3CCN2C(=O)Oc2ccc(Cl)cc2)cc1.CCOC(=O)N1CCc2c([nH]c3ccc(Cl)cc23)C1c1ccc(C(=O)NCC2COC(C)(C)O2)cc1.COc1ccc(C2c3[nH]c4ccc(Cl)cc4c3CCN2C(=O)c2ccc(-c3ccccc3)cc2)cc1.O=C(Oc1ccc(Cl)cc1)N1CCc2c([nH]c3ccc(Cl)cc23)C1c1ccc(OCC(O)CN2CCCC2)cc1. The van der Waals surface area contributed by atoms with Crippen molar-refractivity contribution in [3.8, 4) is 39.9 Å². The number of aliphatic hydroxyl groups excluding tert-OH is 1. The van der Waals surface area contributed by atoms with Gasteiger partial charge in [0.25, 0.3) is 11.8 Å². The molecule has 10 heterocycles. The van der Waals surface area contributed by atoms with E-state index < -0.39 is 42.1 Å². The second-order valence-corrected chi connectivity index (χ2v) is 39.7. The smallest absolute Gasteiger partial charge is 0.416 e. The van der Waals surface area contributed by atoms with Gasteiger partial charge in [0.1, 0.15) is 65.7 Å². The van der Waals surface area contributed by atoms with E-state index in [1.807, 2.05) is 207 Å². The zero-order valence-electron chi connectivity index (χ0n) is 80.6. The molecule has 0 spiro atoms. The molecule has 146 heavy (non-hydrogen) atoms. The van der Waals surface area contributed by atoms with Crippen LogP contribution in [0.4, 0.5) is 14.4 Å². The highest BCUT2D eigenvalue weighted by Gasteiger charge is 2.42. The van der Waals surface area contributed by atoms with E-state index in [0.29, 0.717) is 136 Å². The number of halogens is 6. The fourth-order valence-electron chi connectivity index (χ4n) is 20.3. The van der Waals surface area contributed by atoms with Crippen LogP contribution in [0.3, 0.4) is 0 Å². The summed E-state index contributed by atoms with van der Waals surface area (Å²) in [5, 5.41) is 21.4. The molecule has 16 aromatic rings. The summed E-state index contributed by atoms with van der Waals surface area (Å²) in [6, 6.07) is 83.3. The van der Waals surface area contributed by atoms with Crippen molar-refractivity contribution in [3.05, 3.63) is 382 Å². The van der Waals surface area contributed by atoms with Gasteiger partial charge in [-0.2, -0.15) is 0 Å². The number of aromatic nitrogens is 4. The van der Waals surface area contributed by atoms with Gasteiger partial charge in [-0.25, -0.2) is 14.4 Å². The normalized spacial score (nSPS) is 17.3. The Kier molecular flexibility index (Phi) is 30.8. The minimum atomic E-state index is -0.630. The summed E-state index contributed by atoms with van der Waals surface area (Å²) in [6.45, 7) is 12.9. The van der Waals surface area contributed by atoms with Gasteiger partial charge in [0.2, 0.25) is 0 Å². The Labute approximate surface area is 873 Å². The van der Waals surface area contributed by atoms with Crippen LogP contribution in [-0.4, -0.2) is 183 Å². The molecule has 6 atom stereocenters. The highest BCUT2D eigenvalue weighted by molar-refractivity contribution is 6.33. The molecule has 6 aliphatic heterocycles. The maximum Gasteiger partial charge on any atom is 0.416 e. The lowest BCUT2D eigenvalue weighted by Crippen LogP contribution is -2.42. The molecule has 12 aromatic carbocycles. The number of aromatic amines is 4. The molecule has 0 radical (unpaired) electrons. The predicted molar refractivity (Wildman–Crippen MR) is 568 cm³/mol. The van der Waals surface area contributed by atoms with Crippen LogP contribution in [0, 0.1) is 0 Å². The predicted octanol–water partition coefficient (Wildman–Crippen LogP) is 25.1. The van der Waals surface area contributed by atoms with Crippen LogP contribution in [0.25, 0.3) is 54.7 Å². The number of hydrogen-bond donors (Lipinski definition) is 6. The Morgan fingerprint density at radius 1 is 0.425 bits per heavy atom. The molecule has 748 valence electrons. The van der Waals surface area contributed by atoms with Gasteiger partial charge in [-0.3, -0.25) is 29.1 Å². The number of ether oxygens (including phenoxy) is 8. The Morgan fingerprint density at radius 2 is 0.788 bits per heavy atom. The summed E-state index contributed by atoms with van der Waals surface area (Å²) in [4.78, 5) is 101. The number of methoxy groups -OCH3 is 1. The van der Waals surface area contributed by atoms with Gasteiger partial charge < -0.3 is 78.1 Å². The summed E-state index contributed by atoms with van der Waals surface area (Å²) < 4.78 is 44.5. The monoisotopic (exact) mass is 2080 g/mol. The number of aliphatic hydroxyl groups is 1. The van der Waals surface area contributed by atoms with Crippen LogP contribution in [0.5, 0.6) is 28.7 Å². The molecule has 4 aromatic heterocycles. The van der Waals surface area contributed by atoms with Crippen molar-refractivity contribution in [1.29, 1.82) is 0 Å². The zero-order chi connectivity index (χ0) is 102. The van der Waals surface area contributed by atoms with Gasteiger partial charge in [-0.15, -0.1) is 0 Å². The maximum atomic E-state index is 13.9. The highest BCUT2D eigenvalue weighted by Crippen LogP contribution is 2.47.